The van der Waals surface area contributed by atoms with Crippen LogP contribution in [0.5, 0.6) is 0 Å². The van der Waals surface area contributed by atoms with Crippen LogP contribution in [0, 0.1) is 6.92 Å². The van der Waals surface area contributed by atoms with E-state index in [1.807, 2.05) is 26.0 Å². The van der Waals surface area contributed by atoms with Crippen LogP contribution in [0.4, 0.5) is 5.69 Å². The molecule has 4 nitrogen and oxygen atoms in total. The summed E-state index contributed by atoms with van der Waals surface area (Å²) in [7, 11) is -3.20. The van der Waals surface area contributed by atoms with Crippen LogP contribution in [0.15, 0.2) is 18.2 Å². The van der Waals surface area contributed by atoms with Gasteiger partial charge in [0, 0.05) is 6.54 Å². The zero-order valence-electron chi connectivity index (χ0n) is 12.4. The SMILES string of the molecule is CCNCCCS(=O)(=O)N1CCCc2cc(C)ccc21. The normalized spacial score (nSPS) is 15.2. The molecule has 0 aromatic heterocycles. The minimum atomic E-state index is -3.20. The van der Waals surface area contributed by atoms with E-state index in [0.717, 1.165) is 37.2 Å². The second-order valence-electron chi connectivity index (χ2n) is 5.33. The summed E-state index contributed by atoms with van der Waals surface area (Å²) in [6, 6.07) is 6.05. The molecule has 0 saturated carbocycles. The Kier molecular flexibility index (Phi) is 5.05. The van der Waals surface area contributed by atoms with Gasteiger partial charge in [0.25, 0.3) is 0 Å². The third-order valence-electron chi connectivity index (χ3n) is 3.65. The maximum Gasteiger partial charge on any atom is 0.235 e. The van der Waals surface area contributed by atoms with Crippen molar-refractivity contribution in [3.05, 3.63) is 29.3 Å². The van der Waals surface area contributed by atoms with Crippen LogP contribution in [0.2, 0.25) is 0 Å². The van der Waals surface area contributed by atoms with Crippen molar-refractivity contribution < 1.29 is 8.42 Å². The van der Waals surface area contributed by atoms with Crippen molar-refractivity contribution in [2.75, 3.05) is 29.7 Å². The van der Waals surface area contributed by atoms with E-state index in [2.05, 4.69) is 11.4 Å². The van der Waals surface area contributed by atoms with Crippen molar-refractivity contribution in [2.45, 2.75) is 33.1 Å². The predicted octanol–water partition coefficient (Wildman–Crippen LogP) is 2.08. The molecule has 5 heteroatoms. The first kappa shape index (κ1) is 15.3. The van der Waals surface area contributed by atoms with Crippen LogP contribution in [-0.2, 0) is 16.4 Å². The number of aryl methyl sites for hydroxylation is 2. The standard InChI is InChI=1S/C15H24N2O2S/c1-3-16-9-5-11-20(18,19)17-10-4-6-14-12-13(2)7-8-15(14)17/h7-8,12,16H,3-6,9-11H2,1-2H3. The molecule has 0 saturated heterocycles. The first-order chi connectivity index (χ1) is 9.54. The van der Waals surface area contributed by atoms with Crippen LogP contribution < -0.4 is 9.62 Å². The molecule has 20 heavy (non-hydrogen) atoms. The zero-order chi connectivity index (χ0) is 14.6. The number of nitrogens with zero attached hydrogens (tertiary/aromatic N) is 1. The van der Waals surface area contributed by atoms with Crippen molar-refractivity contribution in [3.8, 4) is 0 Å². The minimum absolute atomic E-state index is 0.216. The van der Waals surface area contributed by atoms with Crippen LogP contribution in [-0.4, -0.2) is 33.8 Å². The Morgan fingerprint density at radius 2 is 2.15 bits per heavy atom. The molecule has 0 amide bonds. The van der Waals surface area contributed by atoms with E-state index in [-0.39, 0.29) is 5.75 Å². The largest absolute Gasteiger partial charge is 0.317 e. The molecule has 0 bridgehead atoms. The van der Waals surface area contributed by atoms with E-state index in [1.165, 1.54) is 5.56 Å². The molecule has 1 aliphatic rings. The van der Waals surface area contributed by atoms with Crippen molar-refractivity contribution >= 4 is 15.7 Å². The molecule has 0 atom stereocenters. The van der Waals surface area contributed by atoms with E-state index in [9.17, 15) is 8.42 Å². The van der Waals surface area contributed by atoms with Gasteiger partial charge in [-0.25, -0.2) is 8.42 Å². The summed E-state index contributed by atoms with van der Waals surface area (Å²) in [5.41, 5.74) is 3.23. The average Bonchev–Trinajstić information content (AvgIpc) is 2.42. The number of nitrogens with one attached hydrogen (secondary N) is 1. The van der Waals surface area contributed by atoms with Gasteiger partial charge in [-0.3, -0.25) is 4.31 Å². The molecule has 1 aromatic rings. The molecular weight excluding hydrogens is 272 g/mol. The maximum absolute atomic E-state index is 12.5. The fourth-order valence-electron chi connectivity index (χ4n) is 2.65. The number of sulfonamides is 1. The van der Waals surface area contributed by atoms with Gasteiger partial charge in [-0.05, 0) is 50.9 Å². The lowest BCUT2D eigenvalue weighted by atomic mass is 10.0. The molecule has 1 N–H and O–H groups in total. The smallest absolute Gasteiger partial charge is 0.235 e. The average molecular weight is 296 g/mol. The highest BCUT2D eigenvalue weighted by Crippen LogP contribution is 2.30. The quantitative estimate of drug-likeness (QED) is 0.818. The topological polar surface area (TPSA) is 49.4 Å². The summed E-state index contributed by atoms with van der Waals surface area (Å²) in [5.74, 6) is 0.216. The number of rotatable bonds is 6. The van der Waals surface area contributed by atoms with Crippen molar-refractivity contribution in [3.63, 3.8) is 0 Å². The molecule has 0 fully saturated rings. The molecule has 0 unspecified atom stereocenters. The molecule has 0 aliphatic carbocycles. The summed E-state index contributed by atoms with van der Waals surface area (Å²) in [6.07, 6.45) is 2.54. The lowest BCUT2D eigenvalue weighted by molar-refractivity contribution is 0.581. The Balaban J connectivity index is 2.13. The Hall–Kier alpha value is -1.07. The zero-order valence-corrected chi connectivity index (χ0v) is 13.2. The van der Waals surface area contributed by atoms with E-state index in [0.29, 0.717) is 13.0 Å². The fraction of sp³-hybridized carbons (Fsp3) is 0.600. The third-order valence-corrected chi connectivity index (χ3v) is 5.51. The van der Waals surface area contributed by atoms with Gasteiger partial charge < -0.3 is 5.32 Å². The minimum Gasteiger partial charge on any atom is -0.317 e. The highest BCUT2D eigenvalue weighted by molar-refractivity contribution is 7.92. The summed E-state index contributed by atoms with van der Waals surface area (Å²) in [4.78, 5) is 0. The second-order valence-corrected chi connectivity index (χ2v) is 7.34. The van der Waals surface area contributed by atoms with Crippen molar-refractivity contribution in [1.29, 1.82) is 0 Å². The van der Waals surface area contributed by atoms with Gasteiger partial charge >= 0.3 is 0 Å². The molecule has 0 spiro atoms. The van der Waals surface area contributed by atoms with Gasteiger partial charge in [0.1, 0.15) is 0 Å². The molecule has 1 heterocycles. The number of hydrogen-bond donors (Lipinski definition) is 1. The highest BCUT2D eigenvalue weighted by atomic mass is 32.2. The number of fused-ring (bicyclic) bond motifs is 1. The highest BCUT2D eigenvalue weighted by Gasteiger charge is 2.26. The Labute approximate surface area is 122 Å². The Bertz CT molecular complexity index is 555. The molecular formula is C15H24N2O2S. The third kappa shape index (κ3) is 3.52. The summed E-state index contributed by atoms with van der Waals surface area (Å²) < 4.78 is 26.6. The molecule has 2 rings (SSSR count). The number of benzene rings is 1. The van der Waals surface area contributed by atoms with E-state index < -0.39 is 10.0 Å². The lowest BCUT2D eigenvalue weighted by Gasteiger charge is -2.30. The van der Waals surface area contributed by atoms with Gasteiger partial charge in [-0.15, -0.1) is 0 Å². The molecule has 0 radical (unpaired) electrons. The number of anilines is 1. The van der Waals surface area contributed by atoms with Crippen LogP contribution in [0.3, 0.4) is 0 Å². The fourth-order valence-corrected chi connectivity index (χ4v) is 4.26. The number of hydrogen-bond acceptors (Lipinski definition) is 3. The Morgan fingerprint density at radius 3 is 2.90 bits per heavy atom. The van der Waals surface area contributed by atoms with E-state index in [4.69, 9.17) is 0 Å². The molecule has 112 valence electrons. The summed E-state index contributed by atoms with van der Waals surface area (Å²) >= 11 is 0. The van der Waals surface area contributed by atoms with Gasteiger partial charge in [-0.1, -0.05) is 24.6 Å². The summed E-state index contributed by atoms with van der Waals surface area (Å²) in [5, 5.41) is 3.17. The first-order valence-corrected chi connectivity index (χ1v) is 8.96. The van der Waals surface area contributed by atoms with Gasteiger partial charge in [0.15, 0.2) is 0 Å². The molecule has 1 aliphatic heterocycles. The monoisotopic (exact) mass is 296 g/mol. The lowest BCUT2D eigenvalue weighted by Crippen LogP contribution is -2.37. The van der Waals surface area contributed by atoms with Crippen molar-refractivity contribution in [1.82, 2.24) is 5.32 Å². The van der Waals surface area contributed by atoms with Crippen LogP contribution >= 0.6 is 0 Å². The Morgan fingerprint density at radius 1 is 1.35 bits per heavy atom. The first-order valence-electron chi connectivity index (χ1n) is 7.35. The van der Waals surface area contributed by atoms with Gasteiger partial charge in [0.05, 0.1) is 11.4 Å². The van der Waals surface area contributed by atoms with Gasteiger partial charge in [-0.2, -0.15) is 0 Å². The molecule has 1 aromatic carbocycles. The maximum atomic E-state index is 12.5. The second kappa shape index (κ2) is 6.59. The van der Waals surface area contributed by atoms with E-state index in [1.54, 1.807) is 4.31 Å². The van der Waals surface area contributed by atoms with Crippen molar-refractivity contribution in [2.24, 2.45) is 0 Å². The van der Waals surface area contributed by atoms with Gasteiger partial charge in [0.2, 0.25) is 10.0 Å². The van der Waals surface area contributed by atoms with E-state index >= 15 is 0 Å². The predicted molar refractivity (Wildman–Crippen MR) is 83.8 cm³/mol. The summed E-state index contributed by atoms with van der Waals surface area (Å²) in [6.45, 7) is 6.32. The van der Waals surface area contributed by atoms with Crippen LogP contribution in [0.1, 0.15) is 30.9 Å². The van der Waals surface area contributed by atoms with Crippen LogP contribution in [0.25, 0.3) is 0 Å².